The zero-order chi connectivity index (χ0) is 16.8. The number of likely N-dealkylation sites (N-methyl/N-ethyl adjacent to an activating group) is 1. The summed E-state index contributed by atoms with van der Waals surface area (Å²) in [5.41, 5.74) is 0.747. The van der Waals surface area contributed by atoms with Crippen molar-refractivity contribution in [2.24, 2.45) is 0 Å². The van der Waals surface area contributed by atoms with Crippen LogP contribution in [-0.2, 0) is 9.59 Å². The number of methoxy groups -OCH3 is 1. The van der Waals surface area contributed by atoms with Crippen LogP contribution < -0.4 is 10.1 Å². The van der Waals surface area contributed by atoms with Crippen LogP contribution in [0.25, 0.3) is 5.69 Å². The zero-order valence-corrected chi connectivity index (χ0v) is 12.9. The Morgan fingerprint density at radius 3 is 2.96 bits per heavy atom. The summed E-state index contributed by atoms with van der Waals surface area (Å²) in [6, 6.07) is 7.26. The van der Waals surface area contributed by atoms with Gasteiger partial charge < -0.3 is 15.0 Å². The van der Waals surface area contributed by atoms with Crippen LogP contribution in [0.5, 0.6) is 5.75 Å². The Morgan fingerprint density at radius 1 is 1.48 bits per heavy atom. The van der Waals surface area contributed by atoms with Crippen molar-refractivity contribution >= 4 is 17.6 Å². The fraction of sp³-hybridized carbons (Fsp3) is 0.200. The molecule has 1 N–H and O–H groups in total. The Labute approximate surface area is 133 Å². The van der Waals surface area contributed by atoms with Gasteiger partial charge in [0, 0.05) is 13.1 Å². The van der Waals surface area contributed by atoms with Gasteiger partial charge in [-0.15, -0.1) is 5.10 Å². The third-order valence-corrected chi connectivity index (χ3v) is 3.01. The standard InChI is InChI=1S/C15H17N5O3/c1-4-15(22)19(2)10-14(21)16-13-9-20(18-17-13)11-6-5-7-12(8-11)23-3/h4-9H,1,10H2,2-3H3,(H,16,21). The van der Waals surface area contributed by atoms with Crippen molar-refractivity contribution in [3.63, 3.8) is 0 Å². The van der Waals surface area contributed by atoms with E-state index < -0.39 is 0 Å². The molecule has 0 spiro atoms. The Bertz CT molecular complexity index is 725. The van der Waals surface area contributed by atoms with Crippen molar-refractivity contribution in [2.75, 3.05) is 26.0 Å². The highest BCUT2D eigenvalue weighted by molar-refractivity contribution is 5.95. The van der Waals surface area contributed by atoms with E-state index >= 15 is 0 Å². The first-order valence-corrected chi connectivity index (χ1v) is 6.77. The second-order valence-electron chi connectivity index (χ2n) is 4.70. The summed E-state index contributed by atoms with van der Waals surface area (Å²) in [7, 11) is 3.09. The van der Waals surface area contributed by atoms with E-state index in [1.54, 1.807) is 19.4 Å². The summed E-state index contributed by atoms with van der Waals surface area (Å²) in [5, 5.41) is 10.4. The third kappa shape index (κ3) is 4.16. The van der Waals surface area contributed by atoms with Crippen molar-refractivity contribution in [1.29, 1.82) is 0 Å². The highest BCUT2D eigenvalue weighted by Gasteiger charge is 2.12. The molecule has 1 heterocycles. The summed E-state index contributed by atoms with van der Waals surface area (Å²) >= 11 is 0. The van der Waals surface area contributed by atoms with Gasteiger partial charge in [-0.3, -0.25) is 9.59 Å². The zero-order valence-electron chi connectivity index (χ0n) is 12.9. The van der Waals surface area contributed by atoms with E-state index in [0.29, 0.717) is 5.75 Å². The highest BCUT2D eigenvalue weighted by Crippen LogP contribution is 2.16. The maximum atomic E-state index is 11.9. The van der Waals surface area contributed by atoms with Crippen LogP contribution in [0, 0.1) is 0 Å². The minimum absolute atomic E-state index is 0.100. The van der Waals surface area contributed by atoms with Gasteiger partial charge in [-0.1, -0.05) is 17.9 Å². The number of hydrogen-bond acceptors (Lipinski definition) is 5. The summed E-state index contributed by atoms with van der Waals surface area (Å²) in [6.45, 7) is 3.26. The van der Waals surface area contributed by atoms with Crippen molar-refractivity contribution in [1.82, 2.24) is 19.9 Å². The fourth-order valence-corrected chi connectivity index (χ4v) is 1.83. The van der Waals surface area contributed by atoms with E-state index in [0.717, 1.165) is 11.8 Å². The van der Waals surface area contributed by atoms with E-state index in [1.807, 2.05) is 18.2 Å². The van der Waals surface area contributed by atoms with Gasteiger partial charge in [0.25, 0.3) is 0 Å². The summed E-state index contributed by atoms with van der Waals surface area (Å²) in [6.07, 6.45) is 2.72. The molecule has 8 nitrogen and oxygen atoms in total. The number of amides is 2. The molecule has 1 aromatic carbocycles. The first-order valence-electron chi connectivity index (χ1n) is 6.77. The van der Waals surface area contributed by atoms with Crippen molar-refractivity contribution < 1.29 is 14.3 Å². The average molecular weight is 315 g/mol. The number of hydrogen-bond donors (Lipinski definition) is 1. The number of carbonyl (C=O) groups is 2. The molecule has 0 saturated heterocycles. The second kappa shape index (κ2) is 7.21. The van der Waals surface area contributed by atoms with Crippen LogP contribution in [0.15, 0.2) is 43.1 Å². The van der Waals surface area contributed by atoms with Gasteiger partial charge >= 0.3 is 0 Å². The SMILES string of the molecule is C=CC(=O)N(C)CC(=O)Nc1cn(-c2cccc(OC)c2)nn1. The van der Waals surface area contributed by atoms with E-state index in [2.05, 4.69) is 22.2 Å². The minimum Gasteiger partial charge on any atom is -0.497 e. The number of carbonyl (C=O) groups excluding carboxylic acids is 2. The van der Waals surface area contributed by atoms with E-state index in [4.69, 9.17) is 4.74 Å². The van der Waals surface area contributed by atoms with Gasteiger partial charge in [0.15, 0.2) is 5.82 Å². The molecule has 0 saturated carbocycles. The fourth-order valence-electron chi connectivity index (χ4n) is 1.83. The van der Waals surface area contributed by atoms with Crippen molar-refractivity contribution in [2.45, 2.75) is 0 Å². The van der Waals surface area contributed by atoms with Crippen LogP contribution in [0.4, 0.5) is 5.82 Å². The third-order valence-electron chi connectivity index (χ3n) is 3.01. The van der Waals surface area contributed by atoms with Crippen LogP contribution in [-0.4, -0.2) is 52.4 Å². The number of ether oxygens (including phenoxy) is 1. The molecule has 0 fully saturated rings. The van der Waals surface area contributed by atoms with Gasteiger partial charge in [-0.05, 0) is 18.2 Å². The van der Waals surface area contributed by atoms with E-state index in [9.17, 15) is 9.59 Å². The topological polar surface area (TPSA) is 89.4 Å². The molecule has 2 amide bonds. The number of benzene rings is 1. The molecule has 2 rings (SSSR count). The monoisotopic (exact) mass is 315 g/mol. The number of rotatable bonds is 6. The molecule has 1 aromatic heterocycles. The van der Waals surface area contributed by atoms with Crippen LogP contribution in [0.3, 0.4) is 0 Å². The molecular formula is C15H17N5O3. The maximum absolute atomic E-state index is 11.9. The first kappa shape index (κ1) is 16.2. The molecule has 0 radical (unpaired) electrons. The number of nitrogens with one attached hydrogen (secondary N) is 1. The van der Waals surface area contributed by atoms with Gasteiger partial charge in [0.05, 0.1) is 25.5 Å². The number of nitrogens with zero attached hydrogens (tertiary/aromatic N) is 4. The molecule has 0 aliphatic rings. The Balaban J connectivity index is 2.03. The van der Waals surface area contributed by atoms with Crippen LogP contribution >= 0.6 is 0 Å². The predicted molar refractivity (Wildman–Crippen MR) is 84.4 cm³/mol. The summed E-state index contributed by atoms with van der Waals surface area (Å²) in [4.78, 5) is 24.4. The molecule has 0 aliphatic heterocycles. The lowest BCUT2D eigenvalue weighted by Gasteiger charge is -2.13. The predicted octanol–water partition coefficient (Wildman–Crippen LogP) is 0.859. The smallest absolute Gasteiger partial charge is 0.246 e. The van der Waals surface area contributed by atoms with E-state index in [-0.39, 0.29) is 24.2 Å². The van der Waals surface area contributed by atoms with Crippen molar-refractivity contribution in [3.05, 3.63) is 43.1 Å². The Hall–Kier alpha value is -3.16. The lowest BCUT2D eigenvalue weighted by molar-refractivity contribution is -0.129. The van der Waals surface area contributed by atoms with Crippen molar-refractivity contribution in [3.8, 4) is 11.4 Å². The lowest BCUT2D eigenvalue weighted by Crippen LogP contribution is -2.33. The lowest BCUT2D eigenvalue weighted by atomic mass is 10.3. The minimum atomic E-state index is -0.375. The van der Waals surface area contributed by atoms with E-state index in [1.165, 1.54) is 16.6 Å². The Kier molecular flexibility index (Phi) is 5.08. The molecule has 8 heteroatoms. The van der Waals surface area contributed by atoms with Gasteiger partial charge in [0.2, 0.25) is 11.8 Å². The van der Waals surface area contributed by atoms with Crippen LogP contribution in [0.1, 0.15) is 0 Å². The van der Waals surface area contributed by atoms with Gasteiger partial charge in [-0.25, -0.2) is 4.68 Å². The molecule has 0 bridgehead atoms. The molecule has 23 heavy (non-hydrogen) atoms. The summed E-state index contributed by atoms with van der Waals surface area (Å²) < 4.78 is 6.66. The quantitative estimate of drug-likeness (QED) is 0.799. The maximum Gasteiger partial charge on any atom is 0.246 e. The van der Waals surface area contributed by atoms with Gasteiger partial charge in [-0.2, -0.15) is 0 Å². The molecule has 0 atom stereocenters. The molecule has 0 aliphatic carbocycles. The molecule has 0 unspecified atom stereocenters. The normalized spacial score (nSPS) is 10.0. The highest BCUT2D eigenvalue weighted by atomic mass is 16.5. The second-order valence-corrected chi connectivity index (χ2v) is 4.70. The first-order chi connectivity index (χ1) is 11.0. The molecule has 120 valence electrons. The largest absolute Gasteiger partial charge is 0.497 e. The molecule has 2 aromatic rings. The number of anilines is 1. The average Bonchev–Trinajstić information content (AvgIpc) is 3.02. The number of aromatic nitrogens is 3. The van der Waals surface area contributed by atoms with Crippen LogP contribution in [0.2, 0.25) is 0 Å². The van der Waals surface area contributed by atoms with Gasteiger partial charge in [0.1, 0.15) is 5.75 Å². The summed E-state index contributed by atoms with van der Waals surface area (Å²) in [5.74, 6) is 0.269. The Morgan fingerprint density at radius 2 is 2.26 bits per heavy atom. The molecular weight excluding hydrogens is 298 g/mol.